The van der Waals surface area contributed by atoms with Crippen LogP contribution in [0.25, 0.3) is 0 Å². The van der Waals surface area contributed by atoms with Crippen LogP contribution in [-0.4, -0.2) is 46.8 Å². The number of benzene rings is 1. The van der Waals surface area contributed by atoms with Gasteiger partial charge in [0.2, 0.25) is 10.0 Å². The second-order valence-electron chi connectivity index (χ2n) is 8.65. The van der Waals surface area contributed by atoms with E-state index in [4.69, 9.17) is 5.11 Å². The average Bonchev–Trinajstić information content (AvgIpc) is 2.74. The molecule has 35 heavy (non-hydrogen) atoms. The van der Waals surface area contributed by atoms with Crippen molar-refractivity contribution in [1.82, 2.24) is 4.57 Å². The number of nitrogens with zero attached hydrogens (tertiary/aromatic N) is 1. The number of hydrogen-bond donors (Lipinski definition) is 4. The van der Waals surface area contributed by atoms with Crippen LogP contribution in [0.1, 0.15) is 37.8 Å². The number of sulfonamides is 1. The predicted molar refractivity (Wildman–Crippen MR) is 125 cm³/mol. The van der Waals surface area contributed by atoms with Crippen LogP contribution < -0.4 is 15.6 Å². The maximum Gasteiger partial charge on any atom is 0.406 e. The second-order valence-corrected chi connectivity index (χ2v) is 10.9. The van der Waals surface area contributed by atoms with Crippen molar-refractivity contribution in [3.63, 3.8) is 0 Å². The molecule has 0 aliphatic rings. The number of halogens is 4. The highest BCUT2D eigenvalue weighted by molar-refractivity contribution is 7.94. The average molecular weight is 524 g/mol. The summed E-state index contributed by atoms with van der Waals surface area (Å²) in [7, 11) is -4.40. The number of rotatable bonds is 10. The summed E-state index contributed by atoms with van der Waals surface area (Å²) in [5.41, 5.74) is -1.38. The highest BCUT2D eigenvalue weighted by Crippen LogP contribution is 2.34. The summed E-state index contributed by atoms with van der Waals surface area (Å²) in [5.74, 6) is -1.43. The van der Waals surface area contributed by atoms with E-state index in [2.05, 4.69) is 10.0 Å². The zero-order valence-electron chi connectivity index (χ0n) is 19.7. The molecule has 0 fully saturated rings. The van der Waals surface area contributed by atoms with Gasteiger partial charge in [-0.15, -0.1) is 0 Å². The third-order valence-corrected chi connectivity index (χ3v) is 7.94. The highest BCUT2D eigenvalue weighted by Gasteiger charge is 2.40. The number of hydrogen-bond acceptors (Lipinski definition) is 6. The van der Waals surface area contributed by atoms with Crippen LogP contribution in [0.3, 0.4) is 0 Å². The van der Waals surface area contributed by atoms with E-state index in [0.29, 0.717) is 10.1 Å². The van der Waals surface area contributed by atoms with E-state index in [9.17, 15) is 35.9 Å². The first-order chi connectivity index (χ1) is 16.0. The van der Waals surface area contributed by atoms with E-state index < -0.39 is 63.1 Å². The fraction of sp³-hybridized carbons (Fsp3) is 0.500. The zero-order valence-corrected chi connectivity index (χ0v) is 20.5. The van der Waals surface area contributed by atoms with Gasteiger partial charge in [0.25, 0.3) is 5.56 Å². The molecule has 8 nitrogen and oxygen atoms in total. The number of aryl methyl sites for hydroxylation is 2. The summed E-state index contributed by atoms with van der Waals surface area (Å²) >= 11 is 0. The smallest absolute Gasteiger partial charge is 0.394 e. The quantitative estimate of drug-likeness (QED) is 0.354. The van der Waals surface area contributed by atoms with Gasteiger partial charge in [-0.05, 0) is 57.4 Å². The van der Waals surface area contributed by atoms with E-state index in [1.54, 1.807) is 6.92 Å². The Balaban J connectivity index is 2.73. The Morgan fingerprint density at radius 1 is 1.14 bits per heavy atom. The maximum atomic E-state index is 14.5. The minimum absolute atomic E-state index is 0.0179. The van der Waals surface area contributed by atoms with Gasteiger partial charge in [-0.25, -0.2) is 12.8 Å². The molecule has 4 N–H and O–H groups in total. The summed E-state index contributed by atoms with van der Waals surface area (Å²) in [6.45, 7) is 3.20. The fourth-order valence-electron chi connectivity index (χ4n) is 3.47. The highest BCUT2D eigenvalue weighted by atomic mass is 32.2. The first kappa shape index (κ1) is 28.6. The molecule has 1 aromatic carbocycles. The van der Waals surface area contributed by atoms with Crippen molar-refractivity contribution in [3.05, 3.63) is 51.6 Å². The lowest BCUT2D eigenvalue weighted by Gasteiger charge is -2.31. The van der Waals surface area contributed by atoms with Crippen LogP contribution in [0.15, 0.2) is 29.1 Å². The van der Waals surface area contributed by atoms with Crippen LogP contribution in [0, 0.1) is 19.7 Å². The van der Waals surface area contributed by atoms with Gasteiger partial charge in [0.15, 0.2) is 0 Å². The van der Waals surface area contributed by atoms with Gasteiger partial charge in [-0.1, -0.05) is 13.0 Å². The Bertz CT molecular complexity index is 1230. The molecule has 1 aromatic heterocycles. The molecule has 0 bridgehead atoms. The number of alkyl halides is 3. The summed E-state index contributed by atoms with van der Waals surface area (Å²) < 4.78 is 82.0. The second kappa shape index (κ2) is 10.5. The molecule has 0 aliphatic heterocycles. The zero-order chi connectivity index (χ0) is 26.8. The third kappa shape index (κ3) is 6.73. The predicted octanol–water partition coefficient (Wildman–Crippen LogP) is 3.56. The molecular weight excluding hydrogens is 494 g/mol. The molecule has 0 amide bonds. The molecule has 2 atom stereocenters. The third-order valence-electron chi connectivity index (χ3n) is 5.70. The molecule has 0 saturated carbocycles. The van der Waals surface area contributed by atoms with E-state index in [-0.39, 0.29) is 24.1 Å². The Morgan fingerprint density at radius 3 is 2.29 bits per heavy atom. The standard InChI is InChI=1S/C22H29F4N3O5S/c1-5-21(4,10-15(31)11-30)35(33,34)28-18-9-14(3)20(32)29(12-22(24,25)26)19(18)27-17-7-6-13(2)8-16(17)23/h6-9,15,27-28,30-31H,5,10-12H2,1-4H3. The van der Waals surface area contributed by atoms with Crippen LogP contribution in [0.4, 0.5) is 34.8 Å². The lowest BCUT2D eigenvalue weighted by Crippen LogP contribution is -2.43. The molecule has 196 valence electrons. The first-order valence-corrected chi connectivity index (χ1v) is 12.2. The normalized spacial score (nSPS) is 14.9. The minimum atomic E-state index is -4.85. The SMILES string of the molecule is CCC(C)(CC(O)CO)S(=O)(=O)Nc1cc(C)c(=O)n(CC(F)(F)F)c1Nc1ccc(C)cc1F. The number of anilines is 3. The van der Waals surface area contributed by atoms with Gasteiger partial charge in [0, 0.05) is 5.56 Å². The van der Waals surface area contributed by atoms with E-state index in [1.165, 1.54) is 32.9 Å². The van der Waals surface area contributed by atoms with E-state index in [1.807, 2.05) is 0 Å². The topological polar surface area (TPSA) is 121 Å². The van der Waals surface area contributed by atoms with Gasteiger partial charge < -0.3 is 15.5 Å². The van der Waals surface area contributed by atoms with Crippen molar-refractivity contribution in [1.29, 1.82) is 0 Å². The number of nitrogens with one attached hydrogen (secondary N) is 2. The summed E-state index contributed by atoms with van der Waals surface area (Å²) in [6, 6.07) is 4.91. The summed E-state index contributed by atoms with van der Waals surface area (Å²) in [4.78, 5) is 12.6. The lowest BCUT2D eigenvalue weighted by molar-refractivity contribution is -0.140. The lowest BCUT2D eigenvalue weighted by atomic mass is 10.0. The molecule has 1 heterocycles. The molecule has 0 aliphatic carbocycles. The van der Waals surface area contributed by atoms with Crippen LogP contribution in [-0.2, 0) is 16.6 Å². The monoisotopic (exact) mass is 523 g/mol. The molecular formula is C22H29F4N3O5S. The van der Waals surface area contributed by atoms with Crippen molar-refractivity contribution in [2.24, 2.45) is 0 Å². The Hall–Kier alpha value is -2.64. The maximum absolute atomic E-state index is 14.5. The Morgan fingerprint density at radius 2 is 1.77 bits per heavy atom. The van der Waals surface area contributed by atoms with Gasteiger partial charge in [-0.3, -0.25) is 14.1 Å². The Labute approximate surface area is 200 Å². The fourth-order valence-corrected chi connectivity index (χ4v) is 4.96. The van der Waals surface area contributed by atoms with Crippen molar-refractivity contribution in [2.45, 2.75) is 64.1 Å². The molecule has 0 radical (unpaired) electrons. The van der Waals surface area contributed by atoms with Crippen LogP contribution >= 0.6 is 0 Å². The summed E-state index contributed by atoms with van der Waals surface area (Å²) in [6.07, 6.45) is -6.60. The van der Waals surface area contributed by atoms with Crippen molar-refractivity contribution in [2.75, 3.05) is 16.6 Å². The molecule has 0 saturated heterocycles. The molecule has 2 aromatic rings. The van der Waals surface area contributed by atoms with Crippen LogP contribution in [0.2, 0.25) is 0 Å². The molecule has 2 unspecified atom stereocenters. The van der Waals surface area contributed by atoms with E-state index >= 15 is 0 Å². The van der Waals surface area contributed by atoms with Crippen molar-refractivity contribution in [3.8, 4) is 0 Å². The van der Waals surface area contributed by atoms with Crippen molar-refractivity contribution >= 4 is 27.2 Å². The summed E-state index contributed by atoms with van der Waals surface area (Å²) in [5, 5.41) is 21.4. The van der Waals surface area contributed by atoms with Gasteiger partial charge in [0.1, 0.15) is 18.2 Å². The number of aliphatic hydroxyl groups excluding tert-OH is 2. The largest absolute Gasteiger partial charge is 0.406 e. The number of aliphatic hydroxyl groups is 2. The van der Waals surface area contributed by atoms with E-state index in [0.717, 1.165) is 12.1 Å². The van der Waals surface area contributed by atoms with Gasteiger partial charge in [-0.2, -0.15) is 13.2 Å². The van der Waals surface area contributed by atoms with Gasteiger partial charge >= 0.3 is 6.18 Å². The molecule has 13 heteroatoms. The minimum Gasteiger partial charge on any atom is -0.394 e. The van der Waals surface area contributed by atoms with Crippen molar-refractivity contribution < 1.29 is 36.2 Å². The molecule has 0 spiro atoms. The van der Waals surface area contributed by atoms with Gasteiger partial charge in [0.05, 0.1) is 28.8 Å². The Kier molecular flexibility index (Phi) is 8.61. The van der Waals surface area contributed by atoms with Crippen LogP contribution in [0.5, 0.6) is 0 Å². The number of aromatic nitrogens is 1. The number of pyridine rings is 1. The molecule has 2 rings (SSSR count). The first-order valence-electron chi connectivity index (χ1n) is 10.7.